The molecule has 0 aliphatic carbocycles. The zero-order valence-electron chi connectivity index (χ0n) is 11.1. The molecule has 1 aromatic rings. The van der Waals surface area contributed by atoms with Crippen molar-refractivity contribution in [1.82, 2.24) is 10.3 Å². The molecular formula is C12H16N4O4. The lowest BCUT2D eigenvalue weighted by atomic mass is 10.1. The lowest BCUT2D eigenvalue weighted by molar-refractivity contribution is -0.385. The zero-order chi connectivity index (χ0) is 14.5. The molecule has 108 valence electrons. The summed E-state index contributed by atoms with van der Waals surface area (Å²) in [5.41, 5.74) is -0.307. The summed E-state index contributed by atoms with van der Waals surface area (Å²) in [6, 6.07) is 1.26. The van der Waals surface area contributed by atoms with Crippen molar-refractivity contribution in [2.45, 2.75) is 18.9 Å². The smallest absolute Gasteiger partial charge is 0.300 e. The van der Waals surface area contributed by atoms with Crippen molar-refractivity contribution < 1.29 is 14.5 Å². The van der Waals surface area contributed by atoms with E-state index < -0.39 is 10.8 Å². The average molecular weight is 280 g/mol. The highest BCUT2D eigenvalue weighted by Gasteiger charge is 2.24. The van der Waals surface area contributed by atoms with Crippen molar-refractivity contribution in [3.8, 4) is 0 Å². The number of hydrogen-bond acceptors (Lipinski definition) is 6. The molecule has 0 aromatic carbocycles. The number of nitrogens with zero attached hydrogens (tertiary/aromatic N) is 2. The van der Waals surface area contributed by atoms with Gasteiger partial charge in [-0.2, -0.15) is 0 Å². The highest BCUT2D eigenvalue weighted by atomic mass is 16.6. The Morgan fingerprint density at radius 3 is 3.00 bits per heavy atom. The Balaban J connectivity index is 2.20. The molecule has 1 amide bonds. The molecule has 0 saturated carbocycles. The monoisotopic (exact) mass is 280 g/mol. The Kier molecular flexibility index (Phi) is 4.46. The highest BCUT2D eigenvalue weighted by Crippen LogP contribution is 2.20. The fourth-order valence-electron chi connectivity index (χ4n) is 2.03. The van der Waals surface area contributed by atoms with Gasteiger partial charge in [0.1, 0.15) is 17.6 Å². The van der Waals surface area contributed by atoms with E-state index in [-0.39, 0.29) is 17.3 Å². The molecule has 2 rings (SSSR count). The Morgan fingerprint density at radius 2 is 2.40 bits per heavy atom. The molecule has 1 aliphatic heterocycles. The normalized spacial score (nSPS) is 18.4. The summed E-state index contributed by atoms with van der Waals surface area (Å²) in [7, 11) is 1.63. The Bertz CT molecular complexity index is 514. The topological polar surface area (TPSA) is 106 Å². The molecule has 8 heteroatoms. The molecule has 2 heterocycles. The molecular weight excluding hydrogens is 264 g/mol. The molecule has 1 aliphatic rings. The molecule has 0 spiro atoms. The second-order valence-corrected chi connectivity index (χ2v) is 4.48. The first-order chi connectivity index (χ1) is 9.61. The minimum Gasteiger partial charge on any atom is -0.379 e. The minimum absolute atomic E-state index is 0.0000709. The van der Waals surface area contributed by atoms with Crippen LogP contribution >= 0.6 is 0 Å². The molecule has 1 saturated heterocycles. The second kappa shape index (κ2) is 6.29. The van der Waals surface area contributed by atoms with Crippen molar-refractivity contribution in [3.63, 3.8) is 0 Å². The van der Waals surface area contributed by atoms with Crippen LogP contribution in [0.4, 0.5) is 11.5 Å². The number of nitro groups is 1. The Hall–Kier alpha value is -2.22. The minimum atomic E-state index is -0.612. The van der Waals surface area contributed by atoms with Gasteiger partial charge in [0, 0.05) is 19.7 Å². The lowest BCUT2D eigenvalue weighted by Gasteiger charge is -2.23. The molecule has 1 unspecified atom stereocenters. The molecule has 0 radical (unpaired) electrons. The van der Waals surface area contributed by atoms with Gasteiger partial charge in [-0.3, -0.25) is 14.9 Å². The molecule has 8 nitrogen and oxygen atoms in total. The van der Waals surface area contributed by atoms with Crippen LogP contribution in [-0.2, 0) is 4.74 Å². The van der Waals surface area contributed by atoms with Gasteiger partial charge in [0.25, 0.3) is 11.6 Å². The Morgan fingerprint density at radius 1 is 1.60 bits per heavy atom. The van der Waals surface area contributed by atoms with Crippen molar-refractivity contribution in [1.29, 1.82) is 0 Å². The number of rotatable bonds is 4. The van der Waals surface area contributed by atoms with Gasteiger partial charge in [-0.15, -0.1) is 0 Å². The van der Waals surface area contributed by atoms with E-state index in [1.807, 2.05) is 0 Å². The zero-order valence-corrected chi connectivity index (χ0v) is 11.1. The van der Waals surface area contributed by atoms with E-state index in [1.165, 1.54) is 6.07 Å². The van der Waals surface area contributed by atoms with Gasteiger partial charge in [-0.25, -0.2) is 4.98 Å². The SMILES string of the molecule is CNc1cc(C(=O)NC2CCCOC2)c([N+](=O)[O-])cn1. The maximum Gasteiger partial charge on any atom is 0.300 e. The third kappa shape index (κ3) is 3.21. The van der Waals surface area contributed by atoms with Crippen LogP contribution in [0.2, 0.25) is 0 Å². The summed E-state index contributed by atoms with van der Waals surface area (Å²) in [5, 5.41) is 16.5. The molecule has 0 bridgehead atoms. The van der Waals surface area contributed by atoms with Gasteiger partial charge in [0.05, 0.1) is 17.6 Å². The predicted octanol–water partition coefficient (Wildman–Crippen LogP) is 0.940. The number of hydrogen-bond donors (Lipinski definition) is 2. The van der Waals surface area contributed by atoms with Crippen molar-refractivity contribution in [2.75, 3.05) is 25.6 Å². The fraction of sp³-hybridized carbons (Fsp3) is 0.500. The van der Waals surface area contributed by atoms with Crippen LogP contribution in [0.5, 0.6) is 0 Å². The first-order valence-corrected chi connectivity index (χ1v) is 6.32. The summed E-state index contributed by atoms with van der Waals surface area (Å²) in [5.74, 6) is -0.0771. The highest BCUT2D eigenvalue weighted by molar-refractivity contribution is 5.98. The molecule has 1 atom stereocenters. The maximum atomic E-state index is 12.2. The molecule has 1 aromatic heterocycles. The van der Waals surface area contributed by atoms with E-state index in [9.17, 15) is 14.9 Å². The number of carbonyl (C=O) groups excluding carboxylic acids is 1. The van der Waals surface area contributed by atoms with Crippen LogP contribution in [0.1, 0.15) is 23.2 Å². The maximum absolute atomic E-state index is 12.2. The van der Waals surface area contributed by atoms with E-state index in [4.69, 9.17) is 4.74 Å². The van der Waals surface area contributed by atoms with Gasteiger partial charge in [-0.1, -0.05) is 0 Å². The van der Waals surface area contributed by atoms with Crippen LogP contribution in [0.15, 0.2) is 12.3 Å². The van der Waals surface area contributed by atoms with Crippen LogP contribution in [-0.4, -0.2) is 42.1 Å². The van der Waals surface area contributed by atoms with Gasteiger partial charge in [-0.05, 0) is 12.8 Å². The number of ether oxygens (including phenoxy) is 1. The Labute approximate surface area is 115 Å². The summed E-state index contributed by atoms with van der Waals surface area (Å²) >= 11 is 0. The average Bonchev–Trinajstić information content (AvgIpc) is 2.47. The van der Waals surface area contributed by atoms with Gasteiger partial charge in [0.15, 0.2) is 0 Å². The first kappa shape index (κ1) is 14.2. The van der Waals surface area contributed by atoms with Gasteiger partial charge >= 0.3 is 0 Å². The van der Waals surface area contributed by atoms with E-state index in [2.05, 4.69) is 15.6 Å². The standard InChI is InChI=1S/C12H16N4O4/c1-13-11-5-9(10(6-14-11)16(18)19)12(17)15-8-3-2-4-20-7-8/h5-6,8H,2-4,7H2,1H3,(H,13,14)(H,15,17). The third-order valence-corrected chi connectivity index (χ3v) is 3.08. The fourth-order valence-corrected chi connectivity index (χ4v) is 2.03. The number of nitrogens with one attached hydrogen (secondary N) is 2. The summed E-state index contributed by atoms with van der Waals surface area (Å²) < 4.78 is 5.27. The first-order valence-electron chi connectivity index (χ1n) is 6.32. The van der Waals surface area contributed by atoms with Crippen molar-refractivity contribution in [2.24, 2.45) is 0 Å². The number of anilines is 1. The predicted molar refractivity (Wildman–Crippen MR) is 71.7 cm³/mol. The van der Waals surface area contributed by atoms with Crippen LogP contribution in [0.25, 0.3) is 0 Å². The lowest BCUT2D eigenvalue weighted by Crippen LogP contribution is -2.40. The van der Waals surface area contributed by atoms with Crippen molar-refractivity contribution >= 4 is 17.4 Å². The third-order valence-electron chi connectivity index (χ3n) is 3.08. The second-order valence-electron chi connectivity index (χ2n) is 4.48. The molecule has 20 heavy (non-hydrogen) atoms. The van der Waals surface area contributed by atoms with E-state index in [1.54, 1.807) is 7.05 Å². The summed E-state index contributed by atoms with van der Waals surface area (Å²) in [6.45, 7) is 1.12. The number of amides is 1. The van der Waals surface area contributed by atoms with Gasteiger partial charge < -0.3 is 15.4 Å². The van der Waals surface area contributed by atoms with Crippen molar-refractivity contribution in [3.05, 3.63) is 27.9 Å². The number of aromatic nitrogens is 1. The van der Waals surface area contributed by atoms with Crippen LogP contribution in [0, 0.1) is 10.1 Å². The number of pyridine rings is 1. The quantitative estimate of drug-likeness (QED) is 0.628. The molecule has 1 fully saturated rings. The van der Waals surface area contributed by atoms with E-state index in [0.717, 1.165) is 19.0 Å². The number of carbonyl (C=O) groups is 1. The van der Waals surface area contributed by atoms with Gasteiger partial charge in [0.2, 0.25) is 0 Å². The van der Waals surface area contributed by atoms with Crippen LogP contribution in [0.3, 0.4) is 0 Å². The van der Waals surface area contributed by atoms with E-state index in [0.29, 0.717) is 19.0 Å². The molecule has 2 N–H and O–H groups in total. The van der Waals surface area contributed by atoms with E-state index >= 15 is 0 Å². The van der Waals surface area contributed by atoms with Crippen LogP contribution < -0.4 is 10.6 Å². The summed E-state index contributed by atoms with van der Waals surface area (Å²) in [4.78, 5) is 26.4. The summed E-state index contributed by atoms with van der Waals surface area (Å²) in [6.07, 6.45) is 2.76. The largest absolute Gasteiger partial charge is 0.379 e.